The number of piperidine rings is 1. The van der Waals surface area contributed by atoms with Crippen LogP contribution in [0.2, 0.25) is 0 Å². The molecule has 1 aromatic heterocycles. The van der Waals surface area contributed by atoms with Crippen molar-refractivity contribution in [2.24, 2.45) is 0 Å². The van der Waals surface area contributed by atoms with Crippen LogP contribution in [0, 0.1) is 6.92 Å². The quantitative estimate of drug-likeness (QED) is 0.896. The van der Waals surface area contributed by atoms with Crippen LogP contribution in [-0.2, 0) is 4.79 Å². The van der Waals surface area contributed by atoms with Crippen molar-refractivity contribution in [3.8, 4) is 5.69 Å². The summed E-state index contributed by atoms with van der Waals surface area (Å²) >= 11 is 0. The Kier molecular flexibility index (Phi) is 3.89. The molecule has 7 nitrogen and oxygen atoms in total. The Morgan fingerprint density at radius 3 is 2.95 bits per heavy atom. The van der Waals surface area contributed by atoms with Crippen LogP contribution < -0.4 is 10.6 Å². The second-order valence-electron chi connectivity index (χ2n) is 5.86. The zero-order valence-corrected chi connectivity index (χ0v) is 12.8. The number of amides is 1. The third kappa shape index (κ3) is 2.85. The van der Waals surface area contributed by atoms with E-state index in [1.54, 1.807) is 4.68 Å². The summed E-state index contributed by atoms with van der Waals surface area (Å²) < 4.78 is 1.64. The Morgan fingerprint density at radius 1 is 1.41 bits per heavy atom. The van der Waals surface area contributed by atoms with E-state index in [2.05, 4.69) is 26.2 Å². The molecule has 1 amide bonds. The van der Waals surface area contributed by atoms with E-state index in [0.717, 1.165) is 37.2 Å². The number of tetrazole rings is 1. The van der Waals surface area contributed by atoms with Gasteiger partial charge in [-0.1, -0.05) is 6.07 Å². The van der Waals surface area contributed by atoms with Crippen molar-refractivity contribution in [2.75, 3.05) is 11.9 Å². The first-order valence-electron chi connectivity index (χ1n) is 7.50. The van der Waals surface area contributed by atoms with Gasteiger partial charge < -0.3 is 10.6 Å². The zero-order chi connectivity index (χ0) is 15.6. The average molecular weight is 300 g/mol. The molecule has 1 aliphatic heterocycles. The van der Waals surface area contributed by atoms with Gasteiger partial charge in [0.2, 0.25) is 5.91 Å². The second kappa shape index (κ2) is 5.84. The molecule has 0 spiro atoms. The first-order valence-corrected chi connectivity index (χ1v) is 7.50. The van der Waals surface area contributed by atoms with Crippen LogP contribution in [0.4, 0.5) is 5.69 Å². The summed E-state index contributed by atoms with van der Waals surface area (Å²) in [4.78, 5) is 12.5. The van der Waals surface area contributed by atoms with Crippen molar-refractivity contribution in [3.05, 3.63) is 30.1 Å². The maximum Gasteiger partial charge on any atom is 0.244 e. The average Bonchev–Trinajstić information content (AvgIpc) is 2.94. The summed E-state index contributed by atoms with van der Waals surface area (Å²) in [5, 5.41) is 17.8. The van der Waals surface area contributed by atoms with Gasteiger partial charge in [-0.25, -0.2) is 0 Å². The number of hydrogen-bond acceptors (Lipinski definition) is 5. The molecular formula is C15H20N6O. The second-order valence-corrected chi connectivity index (χ2v) is 5.86. The molecule has 22 heavy (non-hydrogen) atoms. The fraction of sp³-hybridized carbons (Fsp3) is 0.467. The Bertz CT molecular complexity index is 674. The summed E-state index contributed by atoms with van der Waals surface area (Å²) in [7, 11) is 0. The molecule has 1 atom stereocenters. The lowest BCUT2D eigenvalue weighted by Gasteiger charge is -2.33. The van der Waals surface area contributed by atoms with Crippen LogP contribution in [0.3, 0.4) is 0 Å². The fourth-order valence-electron chi connectivity index (χ4n) is 2.70. The van der Waals surface area contributed by atoms with Gasteiger partial charge >= 0.3 is 0 Å². The van der Waals surface area contributed by atoms with Crippen LogP contribution in [0.5, 0.6) is 0 Å². The molecule has 0 aliphatic carbocycles. The lowest BCUT2D eigenvalue weighted by atomic mass is 9.90. The van der Waals surface area contributed by atoms with Crippen molar-refractivity contribution < 1.29 is 4.79 Å². The van der Waals surface area contributed by atoms with Crippen LogP contribution in [0.15, 0.2) is 24.3 Å². The van der Waals surface area contributed by atoms with Crippen LogP contribution in [0.25, 0.3) is 5.69 Å². The molecule has 2 N–H and O–H groups in total. The van der Waals surface area contributed by atoms with E-state index in [0.29, 0.717) is 5.82 Å². The summed E-state index contributed by atoms with van der Waals surface area (Å²) in [6.07, 6.45) is 3.04. The Labute approximate surface area is 129 Å². The highest BCUT2D eigenvalue weighted by atomic mass is 16.2. The van der Waals surface area contributed by atoms with E-state index < -0.39 is 5.54 Å². The maximum atomic E-state index is 12.5. The summed E-state index contributed by atoms with van der Waals surface area (Å²) in [5.41, 5.74) is 1.06. The van der Waals surface area contributed by atoms with E-state index in [1.165, 1.54) is 0 Å². The number of carbonyl (C=O) groups is 1. The highest BCUT2D eigenvalue weighted by Gasteiger charge is 2.34. The van der Waals surface area contributed by atoms with Crippen LogP contribution in [-0.4, -0.2) is 38.2 Å². The number of anilines is 1. The Hall–Kier alpha value is -2.28. The Balaban J connectivity index is 1.78. The summed E-state index contributed by atoms with van der Waals surface area (Å²) in [6, 6.07) is 7.52. The van der Waals surface area contributed by atoms with Crippen molar-refractivity contribution in [2.45, 2.75) is 38.6 Å². The smallest absolute Gasteiger partial charge is 0.244 e. The molecule has 0 saturated carbocycles. The first-order chi connectivity index (χ1) is 10.6. The van der Waals surface area contributed by atoms with Crippen molar-refractivity contribution in [1.29, 1.82) is 0 Å². The molecule has 1 saturated heterocycles. The van der Waals surface area contributed by atoms with Crippen molar-refractivity contribution in [3.63, 3.8) is 0 Å². The molecule has 0 radical (unpaired) electrons. The van der Waals surface area contributed by atoms with Crippen LogP contribution >= 0.6 is 0 Å². The van der Waals surface area contributed by atoms with Gasteiger partial charge in [-0.3, -0.25) is 4.79 Å². The third-order valence-corrected chi connectivity index (χ3v) is 4.09. The molecule has 1 aliphatic rings. The predicted molar refractivity (Wildman–Crippen MR) is 82.8 cm³/mol. The van der Waals surface area contributed by atoms with Gasteiger partial charge in [-0.2, -0.15) is 4.68 Å². The highest BCUT2D eigenvalue weighted by molar-refractivity contribution is 5.98. The number of rotatable bonds is 3. The van der Waals surface area contributed by atoms with Crippen molar-refractivity contribution in [1.82, 2.24) is 25.5 Å². The Morgan fingerprint density at radius 2 is 2.27 bits per heavy atom. The van der Waals surface area contributed by atoms with Gasteiger partial charge in [-0.15, -0.1) is 5.10 Å². The largest absolute Gasteiger partial charge is 0.324 e. The minimum atomic E-state index is -0.501. The van der Waals surface area contributed by atoms with Crippen molar-refractivity contribution >= 4 is 11.6 Å². The normalized spacial score (nSPS) is 21.5. The minimum absolute atomic E-state index is 0.00205. The first kappa shape index (κ1) is 14.6. The summed E-state index contributed by atoms with van der Waals surface area (Å²) in [5.74, 6) is 0.696. The van der Waals surface area contributed by atoms with E-state index >= 15 is 0 Å². The van der Waals surface area contributed by atoms with Gasteiger partial charge in [0.05, 0.1) is 11.2 Å². The van der Waals surface area contributed by atoms with Gasteiger partial charge in [0.1, 0.15) is 0 Å². The predicted octanol–water partition coefficient (Wildman–Crippen LogP) is 1.44. The standard InChI is InChI=1S/C15H20N6O/c1-11-18-19-20-21(11)13-7-5-6-12(10-13)17-14(22)15(2)8-3-4-9-16-15/h5-7,10,16H,3-4,8-9H2,1-2H3,(H,17,22). The molecule has 1 unspecified atom stereocenters. The molecule has 7 heteroatoms. The molecule has 0 bridgehead atoms. The number of carbonyl (C=O) groups excluding carboxylic acids is 1. The van der Waals surface area contributed by atoms with E-state index in [1.807, 2.05) is 38.1 Å². The fourth-order valence-corrected chi connectivity index (χ4v) is 2.70. The molecule has 1 fully saturated rings. The van der Waals surface area contributed by atoms with E-state index in [-0.39, 0.29) is 5.91 Å². The number of nitrogens with one attached hydrogen (secondary N) is 2. The molecular weight excluding hydrogens is 280 g/mol. The zero-order valence-electron chi connectivity index (χ0n) is 12.8. The lowest BCUT2D eigenvalue weighted by molar-refractivity contribution is -0.122. The number of hydrogen-bond donors (Lipinski definition) is 2. The van der Waals surface area contributed by atoms with Gasteiger partial charge in [0, 0.05) is 5.69 Å². The third-order valence-electron chi connectivity index (χ3n) is 4.09. The number of aromatic nitrogens is 4. The topological polar surface area (TPSA) is 84.7 Å². The van der Waals surface area contributed by atoms with Crippen LogP contribution in [0.1, 0.15) is 32.0 Å². The highest BCUT2D eigenvalue weighted by Crippen LogP contribution is 2.22. The molecule has 2 aromatic rings. The van der Waals surface area contributed by atoms with E-state index in [9.17, 15) is 4.79 Å². The number of benzene rings is 1. The number of nitrogens with zero attached hydrogens (tertiary/aromatic N) is 4. The maximum absolute atomic E-state index is 12.5. The molecule has 3 rings (SSSR count). The lowest BCUT2D eigenvalue weighted by Crippen LogP contribution is -2.54. The molecule has 116 valence electrons. The molecule has 1 aromatic carbocycles. The van der Waals surface area contributed by atoms with E-state index in [4.69, 9.17) is 0 Å². The summed E-state index contributed by atoms with van der Waals surface area (Å²) in [6.45, 7) is 4.67. The van der Waals surface area contributed by atoms with Gasteiger partial charge in [-0.05, 0) is 68.3 Å². The minimum Gasteiger partial charge on any atom is -0.324 e. The SMILES string of the molecule is Cc1nnnn1-c1cccc(NC(=O)C2(C)CCCCN2)c1. The van der Waals surface area contributed by atoms with Gasteiger partial charge in [0.15, 0.2) is 5.82 Å². The monoisotopic (exact) mass is 300 g/mol. The molecule has 2 heterocycles. The van der Waals surface area contributed by atoms with Gasteiger partial charge in [0.25, 0.3) is 0 Å². The number of aryl methyl sites for hydroxylation is 1.